The third-order valence-electron chi connectivity index (χ3n) is 12.0. The van der Waals surface area contributed by atoms with Crippen molar-refractivity contribution in [3.05, 3.63) is 194 Å². The van der Waals surface area contributed by atoms with E-state index in [9.17, 15) is 0 Å². The van der Waals surface area contributed by atoms with Gasteiger partial charge in [0.1, 0.15) is 0 Å². The lowest BCUT2D eigenvalue weighted by Crippen LogP contribution is -1.95. The van der Waals surface area contributed by atoms with Gasteiger partial charge in [0.25, 0.3) is 0 Å². The molecule has 12 rings (SSSR count). The third-order valence-corrected chi connectivity index (χ3v) is 12.0. The Balaban J connectivity index is 1.18. The molecule has 0 heterocycles. The molecule has 248 valence electrons. The molecule has 0 unspecified atom stereocenters. The van der Waals surface area contributed by atoms with Gasteiger partial charge in [0.15, 0.2) is 0 Å². The van der Waals surface area contributed by atoms with Crippen LogP contribution in [-0.4, -0.2) is 0 Å². The summed E-state index contributed by atoms with van der Waals surface area (Å²) in [5.41, 5.74) is 9.98. The summed E-state index contributed by atoms with van der Waals surface area (Å²) in [4.78, 5) is 0. The van der Waals surface area contributed by atoms with Crippen molar-refractivity contribution >= 4 is 75.4 Å². The van der Waals surface area contributed by atoms with Gasteiger partial charge in [0.2, 0.25) is 0 Å². The lowest BCUT2D eigenvalue weighted by Gasteiger charge is -2.22. The van der Waals surface area contributed by atoms with E-state index in [1.165, 1.54) is 120 Å². The van der Waals surface area contributed by atoms with Crippen LogP contribution in [0.4, 0.5) is 0 Å². The van der Waals surface area contributed by atoms with Gasteiger partial charge in [-0.15, -0.1) is 0 Å². The molecule has 12 aromatic rings. The van der Waals surface area contributed by atoms with Crippen LogP contribution in [-0.2, 0) is 0 Å². The zero-order valence-corrected chi connectivity index (χ0v) is 29.5. The van der Waals surface area contributed by atoms with Crippen molar-refractivity contribution in [3.63, 3.8) is 0 Å². The van der Waals surface area contributed by atoms with Crippen LogP contribution < -0.4 is 0 Å². The Kier molecular flexibility index (Phi) is 6.15. The normalized spacial score (nSPS) is 12.1. The number of hydrogen-bond acceptors (Lipinski definition) is 0. The largest absolute Gasteiger partial charge is 0.0622 e. The fourth-order valence-corrected chi connectivity index (χ4v) is 9.61. The average molecular weight is 681 g/mol. The highest BCUT2D eigenvalue weighted by Crippen LogP contribution is 2.49. The molecule has 0 heteroatoms. The monoisotopic (exact) mass is 680 g/mol. The summed E-state index contributed by atoms with van der Waals surface area (Å²) in [6, 6.07) is 72.5. The molecular formula is C54H32. The second kappa shape index (κ2) is 11.2. The SMILES string of the molecule is c1ccc(-c2cc(-c3ccccc3-c3ccc4ccc5cccc6ccc3c4c56)c3ccccc3c2-c2ccc3ccc4cccc5ccc2c3c45)cc1. The predicted octanol–water partition coefficient (Wildman–Crippen LogP) is 15.3. The first kappa shape index (κ1) is 29.5. The Hall–Kier alpha value is -7.02. The summed E-state index contributed by atoms with van der Waals surface area (Å²) in [6.45, 7) is 0. The van der Waals surface area contributed by atoms with E-state index in [2.05, 4.69) is 194 Å². The molecule has 0 nitrogen and oxygen atoms in total. The number of fused-ring (bicyclic) bond motifs is 1. The van der Waals surface area contributed by atoms with Crippen LogP contribution in [0, 0.1) is 0 Å². The Morgan fingerprint density at radius 1 is 0.204 bits per heavy atom. The highest BCUT2D eigenvalue weighted by atomic mass is 14.2. The van der Waals surface area contributed by atoms with Crippen LogP contribution in [0.15, 0.2) is 194 Å². The summed E-state index contributed by atoms with van der Waals surface area (Å²) in [6.07, 6.45) is 0. The van der Waals surface area contributed by atoms with Crippen molar-refractivity contribution in [2.24, 2.45) is 0 Å². The van der Waals surface area contributed by atoms with Crippen LogP contribution >= 0.6 is 0 Å². The van der Waals surface area contributed by atoms with E-state index in [0.717, 1.165) is 0 Å². The van der Waals surface area contributed by atoms with Gasteiger partial charge in [-0.3, -0.25) is 0 Å². The highest BCUT2D eigenvalue weighted by Gasteiger charge is 2.22. The minimum atomic E-state index is 1.21. The van der Waals surface area contributed by atoms with Crippen LogP contribution in [0.1, 0.15) is 0 Å². The molecule has 0 aliphatic rings. The Bertz CT molecular complexity index is 3390. The van der Waals surface area contributed by atoms with Crippen LogP contribution in [0.25, 0.3) is 120 Å². The minimum Gasteiger partial charge on any atom is -0.0622 e. The van der Waals surface area contributed by atoms with E-state index >= 15 is 0 Å². The number of hydrogen-bond donors (Lipinski definition) is 0. The first-order valence-corrected chi connectivity index (χ1v) is 18.8. The van der Waals surface area contributed by atoms with Crippen molar-refractivity contribution in [1.82, 2.24) is 0 Å². The van der Waals surface area contributed by atoms with Gasteiger partial charge in [-0.2, -0.15) is 0 Å². The number of rotatable bonds is 4. The van der Waals surface area contributed by atoms with Crippen LogP contribution in [0.2, 0.25) is 0 Å². The summed E-state index contributed by atoms with van der Waals surface area (Å²) >= 11 is 0. The molecule has 0 aliphatic heterocycles. The highest BCUT2D eigenvalue weighted by molar-refractivity contribution is 6.28. The molecule has 0 aromatic heterocycles. The van der Waals surface area contributed by atoms with E-state index in [1.54, 1.807) is 0 Å². The summed E-state index contributed by atoms with van der Waals surface area (Å²) < 4.78 is 0. The van der Waals surface area contributed by atoms with Crippen LogP contribution in [0.3, 0.4) is 0 Å². The van der Waals surface area contributed by atoms with Gasteiger partial charge in [-0.1, -0.05) is 188 Å². The molecule has 0 fully saturated rings. The molecule has 0 spiro atoms. The predicted molar refractivity (Wildman–Crippen MR) is 233 cm³/mol. The van der Waals surface area contributed by atoms with E-state index in [4.69, 9.17) is 0 Å². The summed E-state index contributed by atoms with van der Waals surface area (Å²) in [5, 5.41) is 18.2. The van der Waals surface area contributed by atoms with E-state index in [-0.39, 0.29) is 0 Å². The molecule has 0 atom stereocenters. The zero-order valence-electron chi connectivity index (χ0n) is 29.5. The van der Waals surface area contributed by atoms with Crippen molar-refractivity contribution < 1.29 is 0 Å². The van der Waals surface area contributed by atoms with E-state index < -0.39 is 0 Å². The topological polar surface area (TPSA) is 0 Å². The van der Waals surface area contributed by atoms with Gasteiger partial charge in [-0.05, 0) is 126 Å². The molecule has 0 amide bonds. The quantitative estimate of drug-likeness (QED) is 0.162. The molecular weight excluding hydrogens is 649 g/mol. The van der Waals surface area contributed by atoms with Gasteiger partial charge < -0.3 is 0 Å². The molecule has 54 heavy (non-hydrogen) atoms. The van der Waals surface area contributed by atoms with Crippen LogP contribution in [0.5, 0.6) is 0 Å². The average Bonchev–Trinajstić information content (AvgIpc) is 3.24. The molecule has 0 bridgehead atoms. The maximum Gasteiger partial charge on any atom is -0.00201 e. The Morgan fingerprint density at radius 3 is 1.26 bits per heavy atom. The molecule has 0 N–H and O–H groups in total. The standard InChI is InChI=1S/C54H32/c1-2-10-33(11-3-1)48-32-49(41-17-5-4-16-40(41)43-28-24-38-22-20-34-12-8-14-36-25-29-45(43)52(38)50(34)36)42-18-6-7-19-44(42)54(48)47-31-27-39-23-21-35-13-9-15-37-26-30-46(47)53(39)51(35)37/h1-32H. The Morgan fingerprint density at radius 2 is 0.648 bits per heavy atom. The second-order valence-corrected chi connectivity index (χ2v) is 14.7. The van der Waals surface area contributed by atoms with Gasteiger partial charge in [0.05, 0.1) is 0 Å². The third kappa shape index (κ3) is 4.14. The summed E-state index contributed by atoms with van der Waals surface area (Å²) in [5.74, 6) is 0. The van der Waals surface area contributed by atoms with Crippen molar-refractivity contribution in [2.75, 3.05) is 0 Å². The first-order chi connectivity index (χ1) is 26.8. The Labute approximate surface area is 312 Å². The minimum absolute atomic E-state index is 1.21. The van der Waals surface area contributed by atoms with Gasteiger partial charge in [0, 0.05) is 0 Å². The van der Waals surface area contributed by atoms with Crippen molar-refractivity contribution in [2.45, 2.75) is 0 Å². The lowest BCUT2D eigenvalue weighted by molar-refractivity contribution is 1.60. The summed E-state index contributed by atoms with van der Waals surface area (Å²) in [7, 11) is 0. The van der Waals surface area contributed by atoms with Gasteiger partial charge in [-0.25, -0.2) is 0 Å². The molecule has 0 radical (unpaired) electrons. The molecule has 0 aliphatic carbocycles. The molecule has 0 saturated heterocycles. The number of benzene rings is 12. The maximum atomic E-state index is 2.47. The maximum absolute atomic E-state index is 2.47. The van der Waals surface area contributed by atoms with E-state index in [1.807, 2.05) is 0 Å². The molecule has 12 aromatic carbocycles. The van der Waals surface area contributed by atoms with Crippen molar-refractivity contribution in [3.8, 4) is 44.5 Å². The second-order valence-electron chi connectivity index (χ2n) is 14.7. The fourth-order valence-electron chi connectivity index (χ4n) is 9.61. The first-order valence-electron chi connectivity index (χ1n) is 18.8. The van der Waals surface area contributed by atoms with E-state index in [0.29, 0.717) is 0 Å². The lowest BCUT2D eigenvalue weighted by atomic mass is 9.81. The van der Waals surface area contributed by atoms with Gasteiger partial charge >= 0.3 is 0 Å². The smallest absolute Gasteiger partial charge is 0.00201 e. The fraction of sp³-hybridized carbons (Fsp3) is 0. The van der Waals surface area contributed by atoms with Crippen molar-refractivity contribution in [1.29, 1.82) is 0 Å². The zero-order chi connectivity index (χ0) is 35.3. The molecule has 0 saturated carbocycles.